The molecule has 0 radical (unpaired) electrons. The van der Waals surface area contributed by atoms with E-state index in [1.807, 2.05) is 31.2 Å². The highest BCUT2D eigenvalue weighted by molar-refractivity contribution is 7.18. The smallest absolute Gasteiger partial charge is 0.262 e. The maximum absolute atomic E-state index is 13.0. The van der Waals surface area contributed by atoms with Crippen LogP contribution in [0, 0.1) is 12.8 Å². The van der Waals surface area contributed by atoms with Gasteiger partial charge in [0.25, 0.3) is 5.56 Å². The summed E-state index contributed by atoms with van der Waals surface area (Å²) in [5.74, 6) is 1.20. The summed E-state index contributed by atoms with van der Waals surface area (Å²) in [6.45, 7) is 4.96. The van der Waals surface area contributed by atoms with E-state index >= 15 is 0 Å². The van der Waals surface area contributed by atoms with Crippen LogP contribution in [0.3, 0.4) is 0 Å². The molecule has 0 bridgehead atoms. The van der Waals surface area contributed by atoms with Crippen LogP contribution in [0.2, 0.25) is 0 Å². The summed E-state index contributed by atoms with van der Waals surface area (Å²) in [6, 6.07) is 7.77. The molecule has 1 amide bonds. The molecular weight excluding hydrogens is 386 g/mol. The lowest BCUT2D eigenvalue weighted by Crippen LogP contribution is -2.34. The zero-order valence-corrected chi connectivity index (χ0v) is 17.6. The molecule has 1 aliphatic rings. The van der Waals surface area contributed by atoms with E-state index < -0.39 is 0 Å². The maximum Gasteiger partial charge on any atom is 0.262 e. The molecule has 0 spiro atoms. The van der Waals surface area contributed by atoms with Gasteiger partial charge in [-0.25, -0.2) is 4.98 Å². The van der Waals surface area contributed by atoms with Gasteiger partial charge in [0.2, 0.25) is 5.91 Å². The number of thiophene rings is 1. The van der Waals surface area contributed by atoms with Crippen molar-refractivity contribution in [2.24, 2.45) is 5.92 Å². The van der Waals surface area contributed by atoms with Gasteiger partial charge in [-0.3, -0.25) is 14.2 Å². The quantitative estimate of drug-likeness (QED) is 0.633. The number of aromatic nitrogens is 2. The number of nitrogens with zero attached hydrogens (tertiary/aromatic N) is 2. The van der Waals surface area contributed by atoms with E-state index in [4.69, 9.17) is 4.74 Å². The predicted octanol–water partition coefficient (Wildman–Crippen LogP) is 3.09. The Kier molecular flexibility index (Phi) is 5.67. The Bertz CT molecular complexity index is 1100. The minimum absolute atomic E-state index is 0.0345. The highest BCUT2D eigenvalue weighted by Crippen LogP contribution is 2.35. The summed E-state index contributed by atoms with van der Waals surface area (Å²) in [6.07, 6.45) is 4.50. The summed E-state index contributed by atoms with van der Waals surface area (Å²) < 4.78 is 7.04. The molecular formula is C22H25N3O3S. The van der Waals surface area contributed by atoms with Gasteiger partial charge in [-0.05, 0) is 55.4 Å². The number of benzene rings is 1. The van der Waals surface area contributed by atoms with Crippen LogP contribution < -0.4 is 15.6 Å². The van der Waals surface area contributed by atoms with Gasteiger partial charge in [0.15, 0.2) is 0 Å². The lowest BCUT2D eigenvalue weighted by Gasteiger charge is -2.17. The Balaban J connectivity index is 1.38. The average molecular weight is 412 g/mol. The summed E-state index contributed by atoms with van der Waals surface area (Å²) >= 11 is 1.62. The van der Waals surface area contributed by atoms with Crippen LogP contribution in [-0.2, 0) is 24.2 Å². The van der Waals surface area contributed by atoms with Crippen LogP contribution in [0.15, 0.2) is 35.4 Å². The number of nitrogens with one attached hydrogen (secondary N) is 1. The second-order valence-corrected chi connectivity index (χ2v) is 8.81. The molecule has 1 aromatic carbocycles. The molecule has 0 unspecified atom stereocenters. The fraction of sp³-hybridized carbons (Fsp3) is 0.409. The lowest BCUT2D eigenvalue weighted by atomic mass is 9.89. The maximum atomic E-state index is 13.0. The molecule has 4 rings (SSSR count). The van der Waals surface area contributed by atoms with Gasteiger partial charge >= 0.3 is 0 Å². The number of aryl methyl sites for hydroxylation is 2. The van der Waals surface area contributed by atoms with Crippen molar-refractivity contribution in [1.82, 2.24) is 14.9 Å². The molecule has 1 N–H and O–H groups in total. The fourth-order valence-corrected chi connectivity index (χ4v) is 5.09. The van der Waals surface area contributed by atoms with Crippen LogP contribution in [0.4, 0.5) is 0 Å². The molecule has 0 fully saturated rings. The normalized spacial score (nSPS) is 15.9. The minimum atomic E-state index is -0.223. The van der Waals surface area contributed by atoms with Crippen LogP contribution in [0.5, 0.6) is 5.75 Å². The lowest BCUT2D eigenvalue weighted by molar-refractivity contribution is -0.121. The monoisotopic (exact) mass is 411 g/mol. The Labute approximate surface area is 173 Å². The minimum Gasteiger partial charge on any atom is -0.492 e. The molecule has 0 aliphatic heterocycles. The van der Waals surface area contributed by atoms with Crippen LogP contribution in [0.1, 0.15) is 29.3 Å². The van der Waals surface area contributed by atoms with E-state index in [0.717, 1.165) is 41.0 Å². The molecule has 29 heavy (non-hydrogen) atoms. The second kappa shape index (κ2) is 8.37. The summed E-state index contributed by atoms with van der Waals surface area (Å²) in [5.41, 5.74) is 2.15. The number of hydrogen-bond acceptors (Lipinski definition) is 5. The number of carbonyl (C=O) groups is 1. The van der Waals surface area contributed by atoms with Gasteiger partial charge in [-0.15, -0.1) is 11.3 Å². The first-order valence-corrected chi connectivity index (χ1v) is 10.8. The molecule has 2 heterocycles. The fourth-order valence-electron chi connectivity index (χ4n) is 3.75. The number of carbonyl (C=O) groups excluding carboxylic acids is 1. The Morgan fingerprint density at radius 3 is 3.10 bits per heavy atom. The Hall–Kier alpha value is -2.67. The van der Waals surface area contributed by atoms with Gasteiger partial charge in [-0.1, -0.05) is 19.1 Å². The first-order valence-electron chi connectivity index (χ1n) is 9.97. The summed E-state index contributed by atoms with van der Waals surface area (Å²) in [4.78, 5) is 31.7. The van der Waals surface area contributed by atoms with Crippen molar-refractivity contribution in [3.8, 4) is 5.75 Å². The van der Waals surface area contributed by atoms with Crippen molar-refractivity contribution in [3.63, 3.8) is 0 Å². The zero-order chi connectivity index (χ0) is 20.4. The average Bonchev–Trinajstić information content (AvgIpc) is 3.06. The van der Waals surface area contributed by atoms with Gasteiger partial charge in [0, 0.05) is 4.88 Å². The van der Waals surface area contributed by atoms with E-state index in [1.165, 1.54) is 15.8 Å². The molecule has 7 heteroatoms. The highest BCUT2D eigenvalue weighted by atomic mass is 32.1. The first-order chi connectivity index (χ1) is 14.0. The number of amides is 1. The third-order valence-electron chi connectivity index (χ3n) is 5.28. The molecule has 0 saturated carbocycles. The number of hydrogen-bond donors (Lipinski definition) is 1. The number of ether oxygens (including phenoxy) is 1. The molecule has 3 aromatic rings. The standard InChI is InChI=1S/C22H25N3O3S/c1-14-4-3-5-16(10-14)28-9-8-23-19(26)12-25-13-24-21-20(22(25)27)17-7-6-15(2)11-18(17)29-21/h3-5,10,13,15H,6-9,11-12H2,1-2H3,(H,23,26)/t15-/m1/s1. The topological polar surface area (TPSA) is 73.2 Å². The van der Waals surface area contributed by atoms with Gasteiger partial charge < -0.3 is 10.1 Å². The van der Waals surface area contributed by atoms with E-state index in [9.17, 15) is 9.59 Å². The van der Waals surface area contributed by atoms with E-state index in [0.29, 0.717) is 24.5 Å². The van der Waals surface area contributed by atoms with Crippen molar-refractivity contribution in [2.75, 3.05) is 13.2 Å². The molecule has 2 aromatic heterocycles. The number of fused-ring (bicyclic) bond motifs is 3. The van der Waals surface area contributed by atoms with Crippen molar-refractivity contribution < 1.29 is 9.53 Å². The third kappa shape index (κ3) is 4.34. The zero-order valence-electron chi connectivity index (χ0n) is 16.7. The summed E-state index contributed by atoms with van der Waals surface area (Å²) in [5, 5.41) is 3.51. The highest BCUT2D eigenvalue weighted by Gasteiger charge is 2.23. The molecule has 1 aliphatic carbocycles. The molecule has 1 atom stereocenters. The number of rotatable bonds is 6. The predicted molar refractivity (Wildman–Crippen MR) is 115 cm³/mol. The largest absolute Gasteiger partial charge is 0.492 e. The van der Waals surface area contributed by atoms with Crippen LogP contribution >= 0.6 is 11.3 Å². The van der Waals surface area contributed by atoms with E-state index in [-0.39, 0.29) is 18.0 Å². The molecule has 0 saturated heterocycles. The van der Waals surface area contributed by atoms with Crippen LogP contribution in [-0.4, -0.2) is 28.6 Å². The first kappa shape index (κ1) is 19.6. The van der Waals surface area contributed by atoms with Crippen molar-refractivity contribution >= 4 is 27.5 Å². The summed E-state index contributed by atoms with van der Waals surface area (Å²) in [7, 11) is 0. The van der Waals surface area contributed by atoms with Crippen LogP contribution in [0.25, 0.3) is 10.2 Å². The Morgan fingerprint density at radius 2 is 2.28 bits per heavy atom. The van der Waals surface area contributed by atoms with Crippen molar-refractivity contribution in [2.45, 2.75) is 39.7 Å². The molecule has 6 nitrogen and oxygen atoms in total. The Morgan fingerprint density at radius 1 is 1.41 bits per heavy atom. The van der Waals surface area contributed by atoms with E-state index in [2.05, 4.69) is 17.2 Å². The van der Waals surface area contributed by atoms with Gasteiger partial charge in [0.1, 0.15) is 23.7 Å². The SMILES string of the molecule is Cc1cccc(OCCNC(=O)Cn2cnc3sc4c(c3c2=O)CC[C@@H](C)C4)c1. The molecule has 152 valence electrons. The second-order valence-electron chi connectivity index (χ2n) is 7.72. The van der Waals surface area contributed by atoms with Crippen molar-refractivity contribution in [3.05, 3.63) is 57.0 Å². The van der Waals surface area contributed by atoms with E-state index in [1.54, 1.807) is 11.3 Å². The van der Waals surface area contributed by atoms with Crippen molar-refractivity contribution in [1.29, 1.82) is 0 Å². The van der Waals surface area contributed by atoms with Gasteiger partial charge in [-0.2, -0.15) is 0 Å². The van der Waals surface area contributed by atoms with Gasteiger partial charge in [0.05, 0.1) is 18.3 Å². The third-order valence-corrected chi connectivity index (χ3v) is 6.44.